The van der Waals surface area contributed by atoms with Crippen LogP contribution in [-0.4, -0.2) is 36.1 Å². The fraction of sp³-hybridized carbons (Fsp3) is 0.722. The molecule has 1 unspecified atom stereocenters. The van der Waals surface area contributed by atoms with E-state index in [0.717, 1.165) is 0 Å². The molecule has 21 heavy (non-hydrogen) atoms. The number of anilines is 1. The predicted molar refractivity (Wildman–Crippen MR) is 88.8 cm³/mol. The van der Waals surface area contributed by atoms with E-state index in [9.17, 15) is 0 Å². The van der Waals surface area contributed by atoms with Gasteiger partial charge in [0.2, 0.25) is 0 Å². The van der Waals surface area contributed by atoms with E-state index in [1.807, 2.05) is 6.20 Å². The molecule has 2 aliphatic heterocycles. The van der Waals surface area contributed by atoms with Crippen molar-refractivity contribution in [2.24, 2.45) is 0 Å². The minimum absolute atomic E-state index is 0.594. The molecule has 1 aromatic rings. The first-order valence-electron chi connectivity index (χ1n) is 8.84. The Balaban J connectivity index is 1.84. The molecule has 0 saturated carbocycles. The van der Waals surface area contributed by atoms with Gasteiger partial charge in [-0.2, -0.15) is 0 Å². The molecule has 0 spiro atoms. The molecular weight excluding hydrogens is 258 g/mol. The van der Waals surface area contributed by atoms with Gasteiger partial charge in [0.15, 0.2) is 0 Å². The third kappa shape index (κ3) is 3.39. The highest BCUT2D eigenvalue weighted by molar-refractivity contribution is 5.49. The maximum Gasteiger partial charge on any atom is 0.133 e. The lowest BCUT2D eigenvalue weighted by Crippen LogP contribution is -2.29. The lowest BCUT2D eigenvalue weighted by Gasteiger charge is -2.30. The smallest absolute Gasteiger partial charge is 0.133 e. The van der Waals surface area contributed by atoms with Crippen molar-refractivity contribution >= 4 is 5.82 Å². The van der Waals surface area contributed by atoms with E-state index in [1.165, 1.54) is 82.5 Å². The van der Waals surface area contributed by atoms with Gasteiger partial charge in [0, 0.05) is 30.9 Å². The first-order chi connectivity index (χ1) is 10.4. The average molecular weight is 287 g/mol. The summed E-state index contributed by atoms with van der Waals surface area (Å²) in [5.74, 6) is 1.27. The highest BCUT2D eigenvalue weighted by Crippen LogP contribution is 2.36. The van der Waals surface area contributed by atoms with Crippen LogP contribution in [0.5, 0.6) is 0 Å². The number of hydrogen-bond donors (Lipinski definition) is 0. The maximum atomic E-state index is 4.78. The predicted octanol–water partition coefficient (Wildman–Crippen LogP) is 4.01. The standard InChI is InChI=1S/C18H29N3/c1-2-12-20-15-8-10-17(20)16-9-7-11-19-18(16)21-13-5-3-4-6-14-21/h7,9,11,17H,2-6,8,10,12-15H2,1H3. The van der Waals surface area contributed by atoms with Gasteiger partial charge in [-0.1, -0.05) is 25.8 Å². The highest BCUT2D eigenvalue weighted by atomic mass is 15.2. The van der Waals surface area contributed by atoms with Crippen molar-refractivity contribution in [3.63, 3.8) is 0 Å². The summed E-state index contributed by atoms with van der Waals surface area (Å²) in [5.41, 5.74) is 1.48. The molecule has 2 saturated heterocycles. The molecular formula is C18H29N3. The summed E-state index contributed by atoms with van der Waals surface area (Å²) in [7, 11) is 0. The van der Waals surface area contributed by atoms with E-state index in [-0.39, 0.29) is 0 Å². The van der Waals surface area contributed by atoms with Crippen molar-refractivity contribution in [3.8, 4) is 0 Å². The zero-order valence-corrected chi connectivity index (χ0v) is 13.4. The minimum Gasteiger partial charge on any atom is -0.356 e. The molecule has 116 valence electrons. The van der Waals surface area contributed by atoms with Crippen LogP contribution in [-0.2, 0) is 0 Å². The van der Waals surface area contributed by atoms with Crippen molar-refractivity contribution in [1.82, 2.24) is 9.88 Å². The second kappa shape index (κ2) is 7.26. The van der Waals surface area contributed by atoms with Crippen LogP contribution >= 0.6 is 0 Å². The van der Waals surface area contributed by atoms with Crippen molar-refractivity contribution < 1.29 is 0 Å². The summed E-state index contributed by atoms with van der Waals surface area (Å²) in [6, 6.07) is 5.04. The third-order valence-electron chi connectivity index (χ3n) is 4.96. The van der Waals surface area contributed by atoms with Crippen LogP contribution in [0, 0.1) is 0 Å². The van der Waals surface area contributed by atoms with Crippen LogP contribution in [0.4, 0.5) is 5.82 Å². The Morgan fingerprint density at radius 2 is 1.90 bits per heavy atom. The molecule has 0 radical (unpaired) electrons. The molecule has 3 heteroatoms. The number of likely N-dealkylation sites (tertiary alicyclic amines) is 1. The van der Waals surface area contributed by atoms with Crippen LogP contribution < -0.4 is 4.90 Å². The van der Waals surface area contributed by atoms with Gasteiger partial charge in [-0.3, -0.25) is 4.90 Å². The Kier molecular flexibility index (Phi) is 5.13. The molecule has 3 rings (SSSR count). The highest BCUT2D eigenvalue weighted by Gasteiger charge is 2.28. The van der Waals surface area contributed by atoms with Gasteiger partial charge in [0.25, 0.3) is 0 Å². The van der Waals surface area contributed by atoms with Gasteiger partial charge in [0.1, 0.15) is 5.82 Å². The van der Waals surface area contributed by atoms with Crippen LogP contribution in [0.15, 0.2) is 18.3 Å². The summed E-state index contributed by atoms with van der Waals surface area (Å²) in [4.78, 5) is 9.99. The first-order valence-corrected chi connectivity index (χ1v) is 8.84. The molecule has 1 aromatic heterocycles. The molecule has 2 aliphatic rings. The quantitative estimate of drug-likeness (QED) is 0.834. The number of rotatable bonds is 4. The minimum atomic E-state index is 0.594. The zero-order valence-electron chi connectivity index (χ0n) is 13.4. The molecule has 0 aromatic carbocycles. The largest absolute Gasteiger partial charge is 0.356 e. The summed E-state index contributed by atoms with van der Waals surface area (Å²) < 4.78 is 0. The van der Waals surface area contributed by atoms with Crippen LogP contribution in [0.1, 0.15) is 63.5 Å². The lowest BCUT2D eigenvalue weighted by atomic mass is 10.0. The molecule has 2 fully saturated rings. The topological polar surface area (TPSA) is 19.4 Å². The Morgan fingerprint density at radius 3 is 2.67 bits per heavy atom. The normalized spacial score (nSPS) is 24.2. The fourth-order valence-corrected chi connectivity index (χ4v) is 3.95. The molecule has 0 aliphatic carbocycles. The monoisotopic (exact) mass is 287 g/mol. The van der Waals surface area contributed by atoms with E-state index >= 15 is 0 Å². The second-order valence-electron chi connectivity index (χ2n) is 6.51. The van der Waals surface area contributed by atoms with Crippen molar-refractivity contribution in [2.45, 2.75) is 57.9 Å². The Morgan fingerprint density at radius 1 is 1.10 bits per heavy atom. The average Bonchev–Trinajstić information content (AvgIpc) is 2.81. The maximum absolute atomic E-state index is 4.78. The third-order valence-corrected chi connectivity index (χ3v) is 4.96. The van der Waals surface area contributed by atoms with Crippen molar-refractivity contribution in [1.29, 1.82) is 0 Å². The summed E-state index contributed by atoms with van der Waals surface area (Å²) >= 11 is 0. The van der Waals surface area contributed by atoms with E-state index in [0.29, 0.717) is 6.04 Å². The van der Waals surface area contributed by atoms with Gasteiger partial charge in [-0.15, -0.1) is 0 Å². The summed E-state index contributed by atoms with van der Waals surface area (Å²) in [6.07, 6.45) is 11.2. The molecule has 0 bridgehead atoms. The Labute approximate surface area is 129 Å². The summed E-state index contributed by atoms with van der Waals surface area (Å²) in [5, 5.41) is 0. The second-order valence-corrected chi connectivity index (χ2v) is 6.51. The number of hydrogen-bond acceptors (Lipinski definition) is 3. The number of aromatic nitrogens is 1. The molecule has 3 heterocycles. The van der Waals surface area contributed by atoms with E-state index < -0.39 is 0 Å². The number of nitrogens with zero attached hydrogens (tertiary/aromatic N) is 3. The SMILES string of the molecule is CCCN1CCCC1c1cccnc1N1CCCCCC1. The van der Waals surface area contributed by atoms with E-state index in [1.54, 1.807) is 0 Å². The van der Waals surface area contributed by atoms with Gasteiger partial charge < -0.3 is 4.90 Å². The lowest BCUT2D eigenvalue weighted by molar-refractivity contribution is 0.257. The molecule has 3 nitrogen and oxygen atoms in total. The Hall–Kier alpha value is -1.09. The van der Waals surface area contributed by atoms with Gasteiger partial charge in [-0.05, 0) is 51.3 Å². The molecule has 0 amide bonds. The van der Waals surface area contributed by atoms with Crippen LogP contribution in [0.3, 0.4) is 0 Å². The molecule has 0 N–H and O–H groups in total. The van der Waals surface area contributed by atoms with Crippen molar-refractivity contribution in [3.05, 3.63) is 23.9 Å². The van der Waals surface area contributed by atoms with Gasteiger partial charge in [-0.25, -0.2) is 4.98 Å². The zero-order chi connectivity index (χ0) is 14.5. The Bertz CT molecular complexity index is 438. The van der Waals surface area contributed by atoms with Crippen molar-refractivity contribution in [2.75, 3.05) is 31.1 Å². The van der Waals surface area contributed by atoms with Crippen LogP contribution in [0.25, 0.3) is 0 Å². The fourth-order valence-electron chi connectivity index (χ4n) is 3.95. The van der Waals surface area contributed by atoms with E-state index in [4.69, 9.17) is 4.98 Å². The number of pyridine rings is 1. The van der Waals surface area contributed by atoms with Gasteiger partial charge in [0.05, 0.1) is 0 Å². The van der Waals surface area contributed by atoms with Gasteiger partial charge >= 0.3 is 0 Å². The summed E-state index contributed by atoms with van der Waals surface area (Å²) in [6.45, 7) is 7.13. The van der Waals surface area contributed by atoms with Crippen LogP contribution in [0.2, 0.25) is 0 Å². The molecule has 1 atom stereocenters. The van der Waals surface area contributed by atoms with E-state index in [2.05, 4.69) is 28.9 Å². The first kappa shape index (κ1) is 14.8.